The van der Waals surface area contributed by atoms with Crippen molar-refractivity contribution in [3.8, 4) is 6.07 Å². The zero-order valence-electron chi connectivity index (χ0n) is 8.95. The van der Waals surface area contributed by atoms with E-state index in [9.17, 15) is 16.8 Å². The molecular formula is C8H8ClN3O4S2. The first-order valence-electron chi connectivity index (χ1n) is 4.87. The Labute approximate surface area is 108 Å². The largest absolute Gasteiger partial charge is 0.279 e. The van der Waals surface area contributed by atoms with Gasteiger partial charge in [0.05, 0.1) is 23.7 Å². The Balaban J connectivity index is 2.55. The van der Waals surface area contributed by atoms with E-state index in [1.807, 2.05) is 0 Å². The fraction of sp³-hybridized carbons (Fsp3) is 0.500. The molecular weight excluding hydrogens is 302 g/mol. The number of hydrogen-bond donors (Lipinski definition) is 0. The summed E-state index contributed by atoms with van der Waals surface area (Å²) in [6.45, 7) is 0. The lowest BCUT2D eigenvalue weighted by molar-refractivity contribution is 0.456. The van der Waals surface area contributed by atoms with Crippen LogP contribution in [0, 0.1) is 11.3 Å². The van der Waals surface area contributed by atoms with Crippen LogP contribution in [0.25, 0.3) is 0 Å². The van der Waals surface area contributed by atoms with Crippen LogP contribution in [0.4, 0.5) is 0 Å². The van der Waals surface area contributed by atoms with Crippen molar-refractivity contribution in [3.05, 3.63) is 11.8 Å². The summed E-state index contributed by atoms with van der Waals surface area (Å²) in [5.41, 5.74) is -0.186. The first-order valence-corrected chi connectivity index (χ1v) is 9.00. The lowest BCUT2D eigenvalue weighted by Gasteiger charge is -2.11. The van der Waals surface area contributed by atoms with Gasteiger partial charge in [0, 0.05) is 10.7 Å². The molecule has 0 bridgehead atoms. The minimum Gasteiger partial charge on any atom is -0.248 e. The van der Waals surface area contributed by atoms with Crippen molar-refractivity contribution >= 4 is 29.6 Å². The third-order valence-corrected chi connectivity index (χ3v) is 5.71. The van der Waals surface area contributed by atoms with Crippen LogP contribution in [-0.2, 0) is 18.9 Å². The van der Waals surface area contributed by atoms with Gasteiger partial charge in [0.1, 0.15) is 11.6 Å². The highest BCUT2D eigenvalue weighted by Gasteiger charge is 2.34. The maximum absolute atomic E-state index is 11.4. The van der Waals surface area contributed by atoms with Crippen LogP contribution >= 0.6 is 10.7 Å². The predicted octanol–water partition coefficient (Wildman–Crippen LogP) is 0.0419. The number of sulfone groups is 1. The van der Waals surface area contributed by atoms with Gasteiger partial charge in [-0.2, -0.15) is 10.4 Å². The fourth-order valence-corrected chi connectivity index (χ4v) is 4.83. The second-order valence-electron chi connectivity index (χ2n) is 3.91. The normalized spacial score (nSPS) is 22.8. The highest BCUT2D eigenvalue weighted by atomic mass is 35.7. The van der Waals surface area contributed by atoms with Crippen molar-refractivity contribution in [3.63, 3.8) is 0 Å². The monoisotopic (exact) mass is 309 g/mol. The predicted molar refractivity (Wildman–Crippen MR) is 62.3 cm³/mol. The molecule has 1 aliphatic rings. The first-order chi connectivity index (χ1) is 8.24. The van der Waals surface area contributed by atoms with Gasteiger partial charge in [0.2, 0.25) is 0 Å². The zero-order valence-corrected chi connectivity index (χ0v) is 11.3. The zero-order chi connectivity index (χ0) is 13.6. The third-order valence-electron chi connectivity index (χ3n) is 2.66. The lowest BCUT2D eigenvalue weighted by Crippen LogP contribution is -2.16. The molecule has 18 heavy (non-hydrogen) atoms. The van der Waals surface area contributed by atoms with Crippen LogP contribution in [0.3, 0.4) is 0 Å². The molecule has 1 aliphatic heterocycles. The molecule has 0 amide bonds. The second kappa shape index (κ2) is 4.22. The number of halogens is 1. The Morgan fingerprint density at radius 2 is 2.22 bits per heavy atom. The number of nitrogens with zero attached hydrogens (tertiary/aromatic N) is 3. The van der Waals surface area contributed by atoms with E-state index in [0.717, 1.165) is 10.9 Å². The molecule has 10 heteroatoms. The maximum atomic E-state index is 11.4. The van der Waals surface area contributed by atoms with Crippen LogP contribution in [-0.4, -0.2) is 38.1 Å². The maximum Gasteiger partial charge on any atom is 0.279 e. The molecule has 0 aliphatic carbocycles. The Bertz CT molecular complexity index is 729. The average molecular weight is 310 g/mol. The molecule has 0 spiro atoms. The fourth-order valence-electron chi connectivity index (χ4n) is 1.90. The molecule has 0 N–H and O–H groups in total. The van der Waals surface area contributed by atoms with Crippen LogP contribution in [0.1, 0.15) is 18.0 Å². The number of nitriles is 1. The number of hydrogen-bond acceptors (Lipinski definition) is 6. The molecule has 1 aromatic heterocycles. The summed E-state index contributed by atoms with van der Waals surface area (Å²) < 4.78 is 46.6. The molecule has 1 saturated heterocycles. The van der Waals surface area contributed by atoms with Crippen molar-refractivity contribution in [1.29, 1.82) is 5.26 Å². The molecule has 2 heterocycles. The summed E-state index contributed by atoms with van der Waals surface area (Å²) in [7, 11) is -2.09. The molecule has 1 aromatic rings. The van der Waals surface area contributed by atoms with Crippen molar-refractivity contribution < 1.29 is 16.8 Å². The summed E-state index contributed by atoms with van der Waals surface area (Å²) in [4.78, 5) is 0. The first kappa shape index (κ1) is 13.3. The van der Waals surface area contributed by atoms with Gasteiger partial charge in [-0.25, -0.2) is 21.5 Å². The Morgan fingerprint density at radius 3 is 2.67 bits per heavy atom. The Kier molecular flexibility index (Phi) is 3.12. The van der Waals surface area contributed by atoms with E-state index in [-0.39, 0.29) is 23.5 Å². The molecule has 7 nitrogen and oxygen atoms in total. The van der Waals surface area contributed by atoms with E-state index < -0.39 is 30.0 Å². The Morgan fingerprint density at radius 1 is 1.56 bits per heavy atom. The van der Waals surface area contributed by atoms with Crippen molar-refractivity contribution in [2.24, 2.45) is 0 Å². The molecule has 1 atom stereocenters. The number of rotatable bonds is 2. The second-order valence-corrected chi connectivity index (χ2v) is 8.62. The summed E-state index contributed by atoms with van der Waals surface area (Å²) in [5, 5.41) is 12.1. The summed E-state index contributed by atoms with van der Waals surface area (Å²) >= 11 is 0. The quantitative estimate of drug-likeness (QED) is 0.713. The smallest absolute Gasteiger partial charge is 0.248 e. The highest BCUT2D eigenvalue weighted by Crippen LogP contribution is 2.29. The van der Waals surface area contributed by atoms with Crippen LogP contribution in [0.15, 0.2) is 11.2 Å². The van der Waals surface area contributed by atoms with Crippen LogP contribution in [0.5, 0.6) is 0 Å². The topological polar surface area (TPSA) is 110 Å². The minimum atomic E-state index is -4.15. The van der Waals surface area contributed by atoms with Crippen molar-refractivity contribution in [2.75, 3.05) is 11.5 Å². The third kappa shape index (κ3) is 2.36. The summed E-state index contributed by atoms with van der Waals surface area (Å²) in [6.07, 6.45) is 1.33. The van der Waals surface area contributed by atoms with Crippen molar-refractivity contribution in [1.82, 2.24) is 9.78 Å². The Hall–Kier alpha value is -1.11. The lowest BCUT2D eigenvalue weighted by atomic mass is 10.3. The molecule has 1 fully saturated rings. The SMILES string of the molecule is N#Cc1cnn(C2CCS(=O)(=O)C2)c1S(=O)(=O)Cl. The van der Waals surface area contributed by atoms with E-state index in [0.29, 0.717) is 0 Å². The van der Waals surface area contributed by atoms with E-state index in [1.165, 1.54) is 0 Å². The molecule has 98 valence electrons. The standard InChI is InChI=1S/C8H8ClN3O4S2/c9-18(15,16)8-6(3-10)4-11-12(8)7-1-2-17(13,14)5-7/h4,7H,1-2,5H2. The van der Waals surface area contributed by atoms with Gasteiger partial charge in [-0.15, -0.1) is 0 Å². The van der Waals surface area contributed by atoms with E-state index >= 15 is 0 Å². The van der Waals surface area contributed by atoms with Crippen molar-refractivity contribution in [2.45, 2.75) is 17.5 Å². The summed E-state index contributed by atoms with van der Waals surface area (Å²) in [6, 6.07) is 1.07. The number of aromatic nitrogens is 2. The molecule has 1 unspecified atom stereocenters. The van der Waals surface area contributed by atoms with Gasteiger partial charge in [-0.05, 0) is 6.42 Å². The summed E-state index contributed by atoms with van der Waals surface area (Å²) in [5.74, 6) is -0.222. The van der Waals surface area contributed by atoms with Crippen LogP contribution < -0.4 is 0 Å². The highest BCUT2D eigenvalue weighted by molar-refractivity contribution is 8.13. The molecule has 2 rings (SSSR count). The van der Waals surface area contributed by atoms with E-state index in [1.54, 1.807) is 6.07 Å². The van der Waals surface area contributed by atoms with Gasteiger partial charge >= 0.3 is 0 Å². The van der Waals surface area contributed by atoms with Gasteiger partial charge in [0.25, 0.3) is 9.05 Å². The van der Waals surface area contributed by atoms with E-state index in [2.05, 4.69) is 5.10 Å². The van der Waals surface area contributed by atoms with Gasteiger partial charge in [-0.3, -0.25) is 0 Å². The van der Waals surface area contributed by atoms with Gasteiger partial charge < -0.3 is 0 Å². The molecule has 0 radical (unpaired) electrons. The average Bonchev–Trinajstić information content (AvgIpc) is 2.79. The van der Waals surface area contributed by atoms with Gasteiger partial charge in [-0.1, -0.05) is 0 Å². The van der Waals surface area contributed by atoms with Crippen LogP contribution in [0.2, 0.25) is 0 Å². The van der Waals surface area contributed by atoms with E-state index in [4.69, 9.17) is 15.9 Å². The minimum absolute atomic E-state index is 0.0266. The van der Waals surface area contributed by atoms with Gasteiger partial charge in [0.15, 0.2) is 14.9 Å². The molecule has 0 aromatic carbocycles. The molecule has 0 saturated carbocycles.